The Morgan fingerprint density at radius 3 is 2.29 bits per heavy atom. The Balaban J connectivity index is 2.42. The predicted octanol–water partition coefficient (Wildman–Crippen LogP) is 4.85. The molecule has 1 heterocycles. The molecule has 0 aliphatic carbocycles. The van der Waals surface area contributed by atoms with Crippen LogP contribution in [-0.2, 0) is 22.4 Å². The zero-order valence-electron chi connectivity index (χ0n) is 18.1. The van der Waals surface area contributed by atoms with Gasteiger partial charge in [0.2, 0.25) is 5.78 Å². The van der Waals surface area contributed by atoms with Crippen LogP contribution in [0.25, 0.3) is 0 Å². The summed E-state index contributed by atoms with van der Waals surface area (Å²) in [5, 5.41) is 0. The zero-order chi connectivity index (χ0) is 23.4. The van der Waals surface area contributed by atoms with Crippen molar-refractivity contribution in [2.24, 2.45) is 0 Å². The molecule has 0 bridgehead atoms. The van der Waals surface area contributed by atoms with Gasteiger partial charge in [0.05, 0.1) is 30.9 Å². The summed E-state index contributed by atoms with van der Waals surface area (Å²) in [6.07, 6.45) is -3.08. The van der Waals surface area contributed by atoms with Crippen LogP contribution in [-0.4, -0.2) is 45.2 Å². The average Bonchev–Trinajstić information content (AvgIpc) is 3.12. The van der Waals surface area contributed by atoms with Crippen molar-refractivity contribution in [2.75, 3.05) is 20.8 Å². The summed E-state index contributed by atoms with van der Waals surface area (Å²) in [6, 6.07) is 4.91. The highest BCUT2D eigenvalue weighted by atomic mass is 28.3. The number of halogens is 3. The van der Waals surface area contributed by atoms with Gasteiger partial charge in [-0.2, -0.15) is 13.2 Å². The number of hydrogen-bond donors (Lipinski definition) is 0. The van der Waals surface area contributed by atoms with E-state index in [9.17, 15) is 22.8 Å². The summed E-state index contributed by atoms with van der Waals surface area (Å²) in [5.41, 5.74) is -1.11. The van der Waals surface area contributed by atoms with Crippen molar-refractivity contribution in [3.63, 3.8) is 0 Å². The molecule has 0 amide bonds. The topological polar surface area (TPSA) is 66.8 Å². The van der Waals surface area contributed by atoms with Gasteiger partial charge in [-0.25, -0.2) is 4.79 Å². The fraction of sp³-hybridized carbons (Fsp3) is 0.429. The molecule has 2 rings (SSSR count). The molecule has 0 radical (unpaired) electrons. The average molecular weight is 458 g/mol. The lowest BCUT2D eigenvalue weighted by Gasteiger charge is -2.17. The fourth-order valence-corrected chi connectivity index (χ4v) is 3.59. The summed E-state index contributed by atoms with van der Waals surface area (Å²) >= 11 is 0. The molecule has 1 aromatic heterocycles. The van der Waals surface area contributed by atoms with Crippen LogP contribution in [0.4, 0.5) is 13.2 Å². The maximum atomic E-state index is 13.3. The second kappa shape index (κ2) is 9.69. The van der Waals surface area contributed by atoms with E-state index < -0.39 is 31.6 Å². The van der Waals surface area contributed by atoms with E-state index in [-0.39, 0.29) is 29.3 Å². The van der Waals surface area contributed by atoms with Crippen molar-refractivity contribution in [3.05, 3.63) is 52.8 Å². The SMILES string of the molecule is COC(=O)c1ccn(COCC[Si](C)(C)C)c1C(=O)c1ccc(C(F)(F)F)cc1OC. The molecule has 0 atom stereocenters. The van der Waals surface area contributed by atoms with Crippen molar-refractivity contribution < 1.29 is 37.0 Å². The van der Waals surface area contributed by atoms with Crippen molar-refractivity contribution in [1.82, 2.24) is 4.57 Å². The van der Waals surface area contributed by atoms with Gasteiger partial charge in [-0.15, -0.1) is 0 Å². The molecule has 2 aromatic rings. The largest absolute Gasteiger partial charge is 0.496 e. The van der Waals surface area contributed by atoms with Gasteiger partial charge in [0.15, 0.2) is 0 Å². The third-order valence-electron chi connectivity index (χ3n) is 4.58. The van der Waals surface area contributed by atoms with Gasteiger partial charge in [-0.1, -0.05) is 19.6 Å². The van der Waals surface area contributed by atoms with Gasteiger partial charge in [-0.05, 0) is 30.3 Å². The van der Waals surface area contributed by atoms with E-state index in [0.717, 1.165) is 24.2 Å². The van der Waals surface area contributed by atoms with Crippen molar-refractivity contribution >= 4 is 19.8 Å². The molecule has 10 heteroatoms. The molecule has 1 aromatic carbocycles. The Hall–Kier alpha value is -2.59. The Morgan fingerprint density at radius 1 is 1.06 bits per heavy atom. The number of carbonyl (C=O) groups excluding carboxylic acids is 2. The first kappa shape index (κ1) is 24.7. The number of aromatic nitrogens is 1. The van der Waals surface area contributed by atoms with E-state index in [1.807, 2.05) is 0 Å². The fourth-order valence-electron chi connectivity index (χ4n) is 2.83. The number of esters is 1. The molecule has 0 fully saturated rings. The standard InChI is InChI=1S/C21H26F3NO5Si/c1-28-17-12-14(21(22,23)24)6-7-15(17)19(26)18-16(20(27)29-2)8-9-25(18)13-30-10-11-31(3,4)5/h6-9,12H,10-11,13H2,1-5H3. The maximum absolute atomic E-state index is 13.3. The molecule has 0 N–H and O–H groups in total. The number of alkyl halides is 3. The van der Waals surface area contributed by atoms with E-state index in [1.54, 1.807) is 0 Å². The lowest BCUT2D eigenvalue weighted by Crippen LogP contribution is -2.22. The Morgan fingerprint density at radius 2 is 1.74 bits per heavy atom. The van der Waals surface area contributed by atoms with Crippen LogP contribution in [0.15, 0.2) is 30.5 Å². The molecule has 170 valence electrons. The van der Waals surface area contributed by atoms with Gasteiger partial charge >= 0.3 is 12.1 Å². The van der Waals surface area contributed by atoms with Gasteiger partial charge in [-0.3, -0.25) is 4.79 Å². The minimum absolute atomic E-state index is 0.00545. The highest BCUT2D eigenvalue weighted by Gasteiger charge is 2.33. The van der Waals surface area contributed by atoms with Crippen LogP contribution in [0.2, 0.25) is 25.7 Å². The van der Waals surface area contributed by atoms with E-state index in [1.165, 1.54) is 31.0 Å². The quantitative estimate of drug-likeness (QED) is 0.233. The second-order valence-electron chi connectivity index (χ2n) is 8.13. The minimum atomic E-state index is -4.59. The Bertz CT molecular complexity index is 947. The number of rotatable bonds is 9. The molecule has 31 heavy (non-hydrogen) atoms. The Kier molecular flexibility index (Phi) is 7.71. The highest BCUT2D eigenvalue weighted by Crippen LogP contribution is 2.34. The van der Waals surface area contributed by atoms with E-state index in [0.29, 0.717) is 6.61 Å². The van der Waals surface area contributed by atoms with Crippen molar-refractivity contribution in [3.8, 4) is 5.75 Å². The first-order chi connectivity index (χ1) is 14.4. The first-order valence-electron chi connectivity index (χ1n) is 9.54. The summed E-state index contributed by atoms with van der Waals surface area (Å²) < 4.78 is 56.0. The summed E-state index contributed by atoms with van der Waals surface area (Å²) in [4.78, 5) is 25.4. The molecular weight excluding hydrogens is 431 g/mol. The summed E-state index contributed by atoms with van der Waals surface area (Å²) in [7, 11) is 1.03. The van der Waals surface area contributed by atoms with Gasteiger partial charge < -0.3 is 18.8 Å². The number of carbonyl (C=O) groups is 2. The van der Waals surface area contributed by atoms with Crippen LogP contribution in [0.3, 0.4) is 0 Å². The second-order valence-corrected chi connectivity index (χ2v) is 13.8. The molecule has 0 spiro atoms. The van der Waals surface area contributed by atoms with E-state index >= 15 is 0 Å². The molecule has 0 unspecified atom stereocenters. The number of ketones is 1. The third kappa shape index (κ3) is 6.20. The summed E-state index contributed by atoms with van der Waals surface area (Å²) in [5.74, 6) is -1.66. The predicted molar refractivity (Wildman–Crippen MR) is 111 cm³/mol. The van der Waals surface area contributed by atoms with Gasteiger partial charge in [0, 0.05) is 20.9 Å². The lowest BCUT2D eigenvalue weighted by atomic mass is 10.0. The number of ether oxygens (including phenoxy) is 3. The number of benzene rings is 1. The summed E-state index contributed by atoms with van der Waals surface area (Å²) in [6.45, 7) is 7.10. The highest BCUT2D eigenvalue weighted by molar-refractivity contribution is 6.76. The monoisotopic (exact) mass is 457 g/mol. The van der Waals surface area contributed by atoms with Crippen LogP contribution in [0.5, 0.6) is 5.75 Å². The molecule has 0 aliphatic heterocycles. The molecule has 6 nitrogen and oxygen atoms in total. The van der Waals surface area contributed by atoms with E-state index in [4.69, 9.17) is 14.2 Å². The van der Waals surface area contributed by atoms with Crippen LogP contribution >= 0.6 is 0 Å². The van der Waals surface area contributed by atoms with E-state index in [2.05, 4.69) is 19.6 Å². The van der Waals surface area contributed by atoms with Crippen LogP contribution in [0.1, 0.15) is 32.0 Å². The molecular formula is C21H26F3NO5Si. The number of methoxy groups -OCH3 is 2. The molecule has 0 saturated carbocycles. The lowest BCUT2D eigenvalue weighted by molar-refractivity contribution is -0.137. The molecule has 0 aliphatic rings. The van der Waals surface area contributed by atoms with Gasteiger partial charge in [0.1, 0.15) is 18.2 Å². The number of nitrogens with zero attached hydrogens (tertiary/aromatic N) is 1. The van der Waals surface area contributed by atoms with Gasteiger partial charge in [0.25, 0.3) is 0 Å². The zero-order valence-corrected chi connectivity index (χ0v) is 19.1. The van der Waals surface area contributed by atoms with Crippen molar-refractivity contribution in [2.45, 2.75) is 38.6 Å². The van der Waals surface area contributed by atoms with Crippen LogP contribution < -0.4 is 4.74 Å². The van der Waals surface area contributed by atoms with Crippen molar-refractivity contribution in [1.29, 1.82) is 0 Å². The Labute approximate surface area is 179 Å². The first-order valence-corrected chi connectivity index (χ1v) is 13.2. The number of hydrogen-bond acceptors (Lipinski definition) is 5. The normalized spacial score (nSPS) is 12.0. The third-order valence-corrected chi connectivity index (χ3v) is 6.29. The minimum Gasteiger partial charge on any atom is -0.496 e. The maximum Gasteiger partial charge on any atom is 0.416 e. The molecule has 0 saturated heterocycles. The smallest absolute Gasteiger partial charge is 0.416 e. The van der Waals surface area contributed by atoms with Crippen LogP contribution in [0, 0.1) is 0 Å².